The van der Waals surface area contributed by atoms with Crippen LogP contribution in [0.5, 0.6) is 0 Å². The molecule has 5 nitrogen and oxygen atoms in total. The predicted molar refractivity (Wildman–Crippen MR) is 127 cm³/mol. The topological polar surface area (TPSA) is 43.8 Å². The van der Waals surface area contributed by atoms with Crippen LogP contribution in [0.4, 0.5) is 5.69 Å². The highest BCUT2D eigenvalue weighted by Gasteiger charge is 2.19. The van der Waals surface area contributed by atoms with E-state index in [9.17, 15) is 0 Å². The zero-order valence-corrected chi connectivity index (χ0v) is 19.7. The fourth-order valence-electron chi connectivity index (χ4n) is 3.07. The number of benzene rings is 1. The lowest BCUT2D eigenvalue weighted by atomic mass is 10.2. The number of rotatable bonds is 5. The molecule has 1 aromatic heterocycles. The van der Waals surface area contributed by atoms with Crippen molar-refractivity contribution >= 4 is 58.6 Å². The lowest BCUT2D eigenvalue weighted by molar-refractivity contribution is 0.372. The maximum Gasteiger partial charge on any atom is 0.194 e. The van der Waals surface area contributed by atoms with Gasteiger partial charge in [0.2, 0.25) is 0 Å². The van der Waals surface area contributed by atoms with Gasteiger partial charge in [0.25, 0.3) is 0 Å². The first-order chi connectivity index (χ1) is 12.7. The minimum absolute atomic E-state index is 0. The first-order valence-corrected chi connectivity index (χ1v) is 10.4. The molecular formula is C19H27ClIN5S. The SMILES string of the molecule is CCNC(=NCCc1csc(C)n1)N1CCN(c2cccc(Cl)c2)CC1.I. The molecule has 1 aliphatic rings. The normalized spacial score (nSPS) is 14.9. The van der Waals surface area contributed by atoms with Gasteiger partial charge in [0.1, 0.15) is 0 Å². The summed E-state index contributed by atoms with van der Waals surface area (Å²) in [7, 11) is 0. The molecule has 2 aromatic rings. The van der Waals surface area contributed by atoms with E-state index in [1.54, 1.807) is 11.3 Å². The summed E-state index contributed by atoms with van der Waals surface area (Å²) in [6.07, 6.45) is 0.891. The van der Waals surface area contributed by atoms with E-state index in [2.05, 4.69) is 38.5 Å². The van der Waals surface area contributed by atoms with Gasteiger partial charge in [-0.05, 0) is 32.0 Å². The Labute approximate surface area is 187 Å². The third kappa shape index (κ3) is 6.50. The Kier molecular flexibility index (Phi) is 9.11. The minimum atomic E-state index is 0. The molecule has 0 unspecified atom stereocenters. The molecule has 0 bridgehead atoms. The largest absolute Gasteiger partial charge is 0.368 e. The van der Waals surface area contributed by atoms with Gasteiger partial charge < -0.3 is 15.1 Å². The van der Waals surface area contributed by atoms with Gasteiger partial charge in [0, 0.05) is 61.8 Å². The van der Waals surface area contributed by atoms with Crippen LogP contribution in [0.15, 0.2) is 34.6 Å². The van der Waals surface area contributed by atoms with Gasteiger partial charge in [0.05, 0.1) is 10.7 Å². The van der Waals surface area contributed by atoms with Crippen molar-refractivity contribution < 1.29 is 0 Å². The van der Waals surface area contributed by atoms with Crippen LogP contribution in [0.1, 0.15) is 17.6 Å². The van der Waals surface area contributed by atoms with E-state index in [0.717, 1.165) is 67.4 Å². The average Bonchev–Trinajstić information content (AvgIpc) is 3.06. The molecule has 27 heavy (non-hydrogen) atoms. The van der Waals surface area contributed by atoms with Gasteiger partial charge in [-0.3, -0.25) is 4.99 Å². The highest BCUT2D eigenvalue weighted by Crippen LogP contribution is 2.20. The quantitative estimate of drug-likeness (QED) is 0.368. The molecule has 0 spiro atoms. The summed E-state index contributed by atoms with van der Waals surface area (Å²) < 4.78 is 0. The number of piperazine rings is 1. The lowest BCUT2D eigenvalue weighted by Gasteiger charge is -2.37. The maximum absolute atomic E-state index is 6.12. The molecule has 1 saturated heterocycles. The molecule has 3 rings (SSSR count). The predicted octanol–water partition coefficient (Wildman–Crippen LogP) is 4.05. The van der Waals surface area contributed by atoms with E-state index in [-0.39, 0.29) is 24.0 Å². The van der Waals surface area contributed by atoms with E-state index in [0.29, 0.717) is 0 Å². The van der Waals surface area contributed by atoms with Crippen LogP contribution in [0.25, 0.3) is 0 Å². The molecule has 148 valence electrons. The second-order valence-electron chi connectivity index (χ2n) is 6.30. The van der Waals surface area contributed by atoms with Gasteiger partial charge in [0.15, 0.2) is 5.96 Å². The number of thiazole rings is 1. The zero-order chi connectivity index (χ0) is 18.4. The second kappa shape index (κ2) is 11.1. The molecule has 0 saturated carbocycles. The Morgan fingerprint density at radius 3 is 2.70 bits per heavy atom. The summed E-state index contributed by atoms with van der Waals surface area (Å²) in [6.45, 7) is 9.64. The lowest BCUT2D eigenvalue weighted by Crippen LogP contribution is -2.52. The molecule has 1 fully saturated rings. The van der Waals surface area contributed by atoms with Crippen molar-refractivity contribution in [2.45, 2.75) is 20.3 Å². The van der Waals surface area contributed by atoms with Crippen LogP contribution < -0.4 is 10.2 Å². The van der Waals surface area contributed by atoms with E-state index < -0.39 is 0 Å². The summed E-state index contributed by atoms with van der Waals surface area (Å²) in [5.74, 6) is 1.00. The fraction of sp³-hybridized carbons (Fsp3) is 0.474. The molecule has 0 aliphatic carbocycles. The number of aliphatic imine (C=N–C) groups is 1. The summed E-state index contributed by atoms with van der Waals surface area (Å²) in [5, 5.41) is 7.46. The second-order valence-corrected chi connectivity index (χ2v) is 7.80. The van der Waals surface area contributed by atoms with Crippen LogP contribution in [-0.4, -0.2) is 55.1 Å². The number of aromatic nitrogens is 1. The highest BCUT2D eigenvalue weighted by atomic mass is 127. The first-order valence-electron chi connectivity index (χ1n) is 9.10. The van der Waals surface area contributed by atoms with Crippen molar-refractivity contribution in [2.75, 3.05) is 44.2 Å². The average molecular weight is 520 g/mol. The van der Waals surface area contributed by atoms with Crippen molar-refractivity contribution in [3.8, 4) is 0 Å². The molecule has 1 N–H and O–H groups in total. The molecule has 1 aliphatic heterocycles. The minimum Gasteiger partial charge on any atom is -0.368 e. The number of aryl methyl sites for hydroxylation is 1. The Morgan fingerprint density at radius 2 is 2.07 bits per heavy atom. The Morgan fingerprint density at radius 1 is 1.30 bits per heavy atom. The van der Waals surface area contributed by atoms with Gasteiger partial charge >= 0.3 is 0 Å². The smallest absolute Gasteiger partial charge is 0.194 e. The number of halogens is 2. The summed E-state index contributed by atoms with van der Waals surface area (Å²) in [6, 6.07) is 8.08. The number of guanidine groups is 1. The van der Waals surface area contributed by atoms with Crippen molar-refractivity contribution in [1.82, 2.24) is 15.2 Å². The number of nitrogens with zero attached hydrogens (tertiary/aromatic N) is 4. The van der Waals surface area contributed by atoms with Gasteiger partial charge in [-0.15, -0.1) is 35.3 Å². The third-order valence-corrected chi connectivity index (χ3v) is 5.44. The molecular weight excluding hydrogens is 493 g/mol. The van der Waals surface area contributed by atoms with Crippen LogP contribution in [0, 0.1) is 6.92 Å². The monoisotopic (exact) mass is 519 g/mol. The van der Waals surface area contributed by atoms with Crippen molar-refractivity contribution in [3.05, 3.63) is 45.4 Å². The van der Waals surface area contributed by atoms with E-state index in [1.165, 1.54) is 5.69 Å². The van der Waals surface area contributed by atoms with Gasteiger partial charge in [-0.1, -0.05) is 17.7 Å². The molecule has 0 amide bonds. The van der Waals surface area contributed by atoms with Crippen LogP contribution >= 0.6 is 46.9 Å². The van der Waals surface area contributed by atoms with Crippen molar-refractivity contribution in [1.29, 1.82) is 0 Å². The standard InChI is InChI=1S/C19H26ClN5S.HI/c1-3-21-19(22-8-7-17-14-26-15(2)23-17)25-11-9-24(10-12-25)18-6-4-5-16(20)13-18;/h4-6,13-14H,3,7-12H2,1-2H3,(H,21,22);1H. The third-order valence-electron chi connectivity index (χ3n) is 4.38. The Bertz CT molecular complexity index is 743. The summed E-state index contributed by atoms with van der Waals surface area (Å²) in [4.78, 5) is 14.0. The molecule has 1 aromatic carbocycles. The van der Waals surface area contributed by atoms with Crippen LogP contribution in [-0.2, 0) is 6.42 Å². The molecule has 2 heterocycles. The highest BCUT2D eigenvalue weighted by molar-refractivity contribution is 14.0. The zero-order valence-electron chi connectivity index (χ0n) is 15.8. The molecule has 0 atom stereocenters. The number of hydrogen-bond donors (Lipinski definition) is 1. The first kappa shape index (κ1) is 22.2. The Hall–Kier alpha value is -1.06. The van der Waals surface area contributed by atoms with E-state index in [4.69, 9.17) is 16.6 Å². The van der Waals surface area contributed by atoms with Crippen LogP contribution in [0.2, 0.25) is 5.02 Å². The van der Waals surface area contributed by atoms with E-state index >= 15 is 0 Å². The van der Waals surface area contributed by atoms with E-state index in [1.807, 2.05) is 25.1 Å². The Balaban J connectivity index is 0.00000261. The number of nitrogens with one attached hydrogen (secondary N) is 1. The summed E-state index contributed by atoms with van der Waals surface area (Å²) >= 11 is 7.82. The van der Waals surface area contributed by atoms with Crippen LogP contribution in [0.3, 0.4) is 0 Å². The van der Waals surface area contributed by atoms with Gasteiger partial charge in [-0.25, -0.2) is 4.98 Å². The molecule has 0 radical (unpaired) electrons. The maximum atomic E-state index is 6.12. The number of anilines is 1. The number of hydrogen-bond acceptors (Lipinski definition) is 4. The molecule has 8 heteroatoms. The van der Waals surface area contributed by atoms with Crippen molar-refractivity contribution in [3.63, 3.8) is 0 Å². The van der Waals surface area contributed by atoms with Crippen molar-refractivity contribution in [2.24, 2.45) is 4.99 Å². The van der Waals surface area contributed by atoms with Gasteiger partial charge in [-0.2, -0.15) is 0 Å². The fourth-order valence-corrected chi connectivity index (χ4v) is 3.91. The summed E-state index contributed by atoms with van der Waals surface area (Å²) in [5.41, 5.74) is 2.33.